The Kier molecular flexibility index (Phi) is 3.23. The number of hydrogen-bond acceptors (Lipinski definition) is 1. The first-order chi connectivity index (χ1) is 5.72. The van der Waals surface area contributed by atoms with Gasteiger partial charge in [0, 0.05) is 4.47 Å². The van der Waals surface area contributed by atoms with E-state index in [1.54, 1.807) is 6.92 Å². The molecule has 0 unspecified atom stereocenters. The molecule has 0 aliphatic rings. The SMILES string of the molecule is CC(C=O)=Cc1cccc(Br)c1. The highest BCUT2D eigenvalue weighted by atomic mass is 79.9. The number of rotatable bonds is 2. The second kappa shape index (κ2) is 4.21. The second-order valence-corrected chi connectivity index (χ2v) is 3.48. The number of hydrogen-bond donors (Lipinski definition) is 0. The lowest BCUT2D eigenvalue weighted by Gasteiger charge is -1.94. The summed E-state index contributed by atoms with van der Waals surface area (Å²) in [5.41, 5.74) is 1.77. The maximum absolute atomic E-state index is 10.3. The fourth-order valence-corrected chi connectivity index (χ4v) is 1.31. The van der Waals surface area contributed by atoms with Gasteiger partial charge in [-0.15, -0.1) is 0 Å². The van der Waals surface area contributed by atoms with Crippen molar-refractivity contribution >= 4 is 28.3 Å². The molecule has 12 heavy (non-hydrogen) atoms. The smallest absolute Gasteiger partial charge is 0.145 e. The van der Waals surface area contributed by atoms with Crippen molar-refractivity contribution in [3.05, 3.63) is 39.9 Å². The Balaban J connectivity index is 2.97. The molecule has 2 heteroatoms. The van der Waals surface area contributed by atoms with Crippen LogP contribution in [0.5, 0.6) is 0 Å². The van der Waals surface area contributed by atoms with E-state index in [-0.39, 0.29) is 0 Å². The van der Waals surface area contributed by atoms with E-state index in [1.807, 2.05) is 30.3 Å². The van der Waals surface area contributed by atoms with E-state index in [0.29, 0.717) is 0 Å². The van der Waals surface area contributed by atoms with Gasteiger partial charge in [0.25, 0.3) is 0 Å². The van der Waals surface area contributed by atoms with Crippen molar-refractivity contribution in [1.82, 2.24) is 0 Å². The number of aldehydes is 1. The largest absolute Gasteiger partial charge is 0.298 e. The highest BCUT2D eigenvalue weighted by Crippen LogP contribution is 2.13. The quantitative estimate of drug-likeness (QED) is 0.558. The van der Waals surface area contributed by atoms with Gasteiger partial charge in [-0.05, 0) is 36.3 Å². The van der Waals surface area contributed by atoms with Gasteiger partial charge < -0.3 is 0 Å². The average molecular weight is 225 g/mol. The Morgan fingerprint density at radius 1 is 1.50 bits per heavy atom. The van der Waals surface area contributed by atoms with Crippen LogP contribution < -0.4 is 0 Å². The Hall–Kier alpha value is -0.890. The molecule has 0 amide bonds. The van der Waals surface area contributed by atoms with Crippen molar-refractivity contribution in [2.45, 2.75) is 6.92 Å². The summed E-state index contributed by atoms with van der Waals surface area (Å²) in [4.78, 5) is 10.3. The van der Waals surface area contributed by atoms with E-state index in [0.717, 1.165) is 21.9 Å². The molecule has 1 rings (SSSR count). The van der Waals surface area contributed by atoms with Gasteiger partial charge in [-0.25, -0.2) is 0 Å². The van der Waals surface area contributed by atoms with E-state index in [9.17, 15) is 4.79 Å². The second-order valence-electron chi connectivity index (χ2n) is 2.56. The standard InChI is InChI=1S/C10H9BrO/c1-8(7-12)5-9-3-2-4-10(11)6-9/h2-7H,1H3. The predicted octanol–water partition coefficient (Wildman–Crippen LogP) is 3.05. The molecular formula is C10H9BrO. The fraction of sp³-hybridized carbons (Fsp3) is 0.100. The van der Waals surface area contributed by atoms with Crippen LogP contribution in [0.2, 0.25) is 0 Å². The molecule has 1 aromatic carbocycles. The molecule has 0 spiro atoms. The molecule has 1 aromatic rings. The van der Waals surface area contributed by atoms with Crippen molar-refractivity contribution in [2.75, 3.05) is 0 Å². The van der Waals surface area contributed by atoms with Crippen LogP contribution >= 0.6 is 15.9 Å². The topological polar surface area (TPSA) is 17.1 Å². The van der Waals surface area contributed by atoms with E-state index >= 15 is 0 Å². The molecule has 0 N–H and O–H groups in total. The molecule has 0 aliphatic carbocycles. The first-order valence-corrected chi connectivity index (χ1v) is 4.41. The summed E-state index contributed by atoms with van der Waals surface area (Å²) in [5.74, 6) is 0. The van der Waals surface area contributed by atoms with Gasteiger partial charge >= 0.3 is 0 Å². The van der Waals surface area contributed by atoms with Crippen LogP contribution in [-0.4, -0.2) is 6.29 Å². The number of halogens is 1. The maximum Gasteiger partial charge on any atom is 0.145 e. The zero-order chi connectivity index (χ0) is 8.97. The van der Waals surface area contributed by atoms with Crippen LogP contribution in [0.3, 0.4) is 0 Å². The molecule has 0 radical (unpaired) electrons. The summed E-state index contributed by atoms with van der Waals surface area (Å²) >= 11 is 3.36. The molecular weight excluding hydrogens is 216 g/mol. The third kappa shape index (κ3) is 2.62. The zero-order valence-electron chi connectivity index (χ0n) is 6.75. The van der Waals surface area contributed by atoms with Crippen LogP contribution in [0.4, 0.5) is 0 Å². The Morgan fingerprint density at radius 2 is 2.25 bits per heavy atom. The molecule has 0 bridgehead atoms. The van der Waals surface area contributed by atoms with Gasteiger partial charge in [0.15, 0.2) is 0 Å². The monoisotopic (exact) mass is 224 g/mol. The summed E-state index contributed by atoms with van der Waals surface area (Å²) < 4.78 is 1.02. The minimum absolute atomic E-state index is 0.730. The summed E-state index contributed by atoms with van der Waals surface area (Å²) in [5, 5.41) is 0. The Labute approximate surface area is 80.2 Å². The fourth-order valence-electron chi connectivity index (χ4n) is 0.893. The van der Waals surface area contributed by atoms with Crippen molar-refractivity contribution in [3.8, 4) is 0 Å². The lowest BCUT2D eigenvalue weighted by atomic mass is 10.1. The van der Waals surface area contributed by atoms with Gasteiger partial charge in [-0.2, -0.15) is 0 Å². The number of carbonyl (C=O) groups excluding carboxylic acids is 1. The van der Waals surface area contributed by atoms with Crippen LogP contribution in [-0.2, 0) is 4.79 Å². The molecule has 0 atom stereocenters. The molecule has 0 aromatic heterocycles. The van der Waals surface area contributed by atoms with E-state index in [4.69, 9.17) is 0 Å². The molecule has 0 saturated carbocycles. The number of carbonyl (C=O) groups is 1. The number of allylic oxidation sites excluding steroid dienone is 1. The van der Waals surface area contributed by atoms with E-state index in [2.05, 4.69) is 15.9 Å². The average Bonchev–Trinajstić information content (AvgIpc) is 2.04. The third-order valence-corrected chi connectivity index (χ3v) is 1.92. The van der Waals surface area contributed by atoms with Gasteiger partial charge in [-0.3, -0.25) is 4.79 Å². The highest BCUT2D eigenvalue weighted by Gasteiger charge is 1.90. The van der Waals surface area contributed by atoms with Crippen LogP contribution in [0.25, 0.3) is 6.08 Å². The van der Waals surface area contributed by atoms with Gasteiger partial charge in [0.05, 0.1) is 0 Å². The lowest BCUT2D eigenvalue weighted by molar-refractivity contribution is -0.104. The van der Waals surface area contributed by atoms with Crippen molar-refractivity contribution in [1.29, 1.82) is 0 Å². The van der Waals surface area contributed by atoms with Crippen molar-refractivity contribution in [3.63, 3.8) is 0 Å². The summed E-state index contributed by atoms with van der Waals surface area (Å²) in [6.45, 7) is 1.79. The van der Waals surface area contributed by atoms with E-state index in [1.165, 1.54) is 0 Å². The zero-order valence-corrected chi connectivity index (χ0v) is 8.34. The highest BCUT2D eigenvalue weighted by molar-refractivity contribution is 9.10. The van der Waals surface area contributed by atoms with Crippen LogP contribution in [0.1, 0.15) is 12.5 Å². The van der Waals surface area contributed by atoms with Gasteiger partial charge in [-0.1, -0.05) is 28.1 Å². The minimum Gasteiger partial charge on any atom is -0.298 e. The molecule has 0 aliphatic heterocycles. The minimum atomic E-state index is 0.730. The Bertz CT molecular complexity index is 315. The molecule has 0 fully saturated rings. The molecule has 1 nitrogen and oxygen atoms in total. The number of benzene rings is 1. The van der Waals surface area contributed by atoms with Crippen LogP contribution in [0, 0.1) is 0 Å². The van der Waals surface area contributed by atoms with Gasteiger partial charge in [0.1, 0.15) is 6.29 Å². The van der Waals surface area contributed by atoms with Crippen LogP contribution in [0.15, 0.2) is 34.3 Å². The summed E-state index contributed by atoms with van der Waals surface area (Å²) in [6.07, 6.45) is 2.69. The first kappa shape index (κ1) is 9.20. The normalized spacial score (nSPS) is 11.3. The lowest BCUT2D eigenvalue weighted by Crippen LogP contribution is -1.77. The third-order valence-electron chi connectivity index (χ3n) is 1.43. The van der Waals surface area contributed by atoms with E-state index < -0.39 is 0 Å². The Morgan fingerprint density at radius 3 is 2.83 bits per heavy atom. The summed E-state index contributed by atoms with van der Waals surface area (Å²) in [7, 11) is 0. The van der Waals surface area contributed by atoms with Crippen molar-refractivity contribution in [2.24, 2.45) is 0 Å². The summed E-state index contributed by atoms with van der Waals surface area (Å²) in [6, 6.07) is 7.81. The maximum atomic E-state index is 10.3. The molecule has 0 saturated heterocycles. The molecule has 62 valence electrons. The first-order valence-electron chi connectivity index (χ1n) is 3.61. The predicted molar refractivity (Wildman–Crippen MR) is 53.9 cm³/mol. The van der Waals surface area contributed by atoms with Crippen molar-refractivity contribution < 1.29 is 4.79 Å². The van der Waals surface area contributed by atoms with Gasteiger partial charge in [0.2, 0.25) is 0 Å². The molecule has 0 heterocycles.